The average molecular weight is 182 g/mol. The maximum absolute atomic E-state index is 5.31. The Bertz CT molecular complexity index is 355. The molecule has 6 heteroatoms. The summed E-state index contributed by atoms with van der Waals surface area (Å²) in [5.41, 5.74) is 7.72. The van der Waals surface area contributed by atoms with Crippen LogP contribution < -0.4 is 5.73 Å². The lowest BCUT2D eigenvalue weighted by molar-refractivity contribution is 0.422. The van der Waals surface area contributed by atoms with E-state index in [-0.39, 0.29) is 6.54 Å². The largest absolute Gasteiger partial charge is 0.332 e. The monoisotopic (exact) mass is 182 g/mol. The smallest absolute Gasteiger partial charge is 0.277 e. The van der Waals surface area contributed by atoms with Crippen molar-refractivity contribution in [2.24, 2.45) is 5.73 Å². The fraction of sp³-hybridized carbons (Fsp3) is 0.167. The minimum atomic E-state index is 0.285. The fourth-order valence-electron chi connectivity index (χ4n) is 0.759. The fourth-order valence-corrected chi connectivity index (χ4v) is 1.28. The standard InChI is InChI=1S/C6H6N4OS/c7-1-5-9-6(11-10-5)4-2-12-3-8-4/h2-3H,1,7H2. The van der Waals surface area contributed by atoms with E-state index in [9.17, 15) is 0 Å². The third kappa shape index (κ3) is 1.21. The second-order valence-corrected chi connectivity index (χ2v) is 2.81. The summed E-state index contributed by atoms with van der Waals surface area (Å²) in [6.07, 6.45) is 0. The summed E-state index contributed by atoms with van der Waals surface area (Å²) >= 11 is 1.48. The lowest BCUT2D eigenvalue weighted by Gasteiger charge is -1.80. The topological polar surface area (TPSA) is 77.8 Å². The van der Waals surface area contributed by atoms with Gasteiger partial charge in [0.05, 0.1) is 12.1 Å². The lowest BCUT2D eigenvalue weighted by atomic mass is 10.5. The Morgan fingerprint density at radius 3 is 3.08 bits per heavy atom. The zero-order valence-electron chi connectivity index (χ0n) is 6.10. The van der Waals surface area contributed by atoms with Crippen LogP contribution in [-0.4, -0.2) is 15.1 Å². The molecule has 0 spiro atoms. The predicted octanol–water partition coefficient (Wildman–Crippen LogP) is 0.652. The number of rotatable bonds is 2. The Kier molecular flexibility index (Phi) is 1.84. The first-order valence-corrected chi connectivity index (χ1v) is 4.25. The minimum Gasteiger partial charge on any atom is -0.332 e. The van der Waals surface area contributed by atoms with Gasteiger partial charge in [-0.25, -0.2) is 4.98 Å². The molecule has 0 aliphatic heterocycles. The van der Waals surface area contributed by atoms with Crippen LogP contribution in [0, 0.1) is 0 Å². The first-order valence-electron chi connectivity index (χ1n) is 3.31. The summed E-state index contributed by atoms with van der Waals surface area (Å²) in [4.78, 5) is 8.03. The molecule has 5 nitrogen and oxygen atoms in total. The van der Waals surface area contributed by atoms with Crippen molar-refractivity contribution in [1.29, 1.82) is 0 Å². The van der Waals surface area contributed by atoms with E-state index in [2.05, 4.69) is 15.1 Å². The molecule has 0 radical (unpaired) electrons. The molecule has 0 aromatic carbocycles. The van der Waals surface area contributed by atoms with Crippen molar-refractivity contribution < 1.29 is 4.52 Å². The Balaban J connectivity index is 2.35. The highest BCUT2D eigenvalue weighted by molar-refractivity contribution is 7.07. The summed E-state index contributed by atoms with van der Waals surface area (Å²) in [5, 5.41) is 5.49. The Labute approximate surface area is 72.2 Å². The second-order valence-electron chi connectivity index (χ2n) is 2.09. The van der Waals surface area contributed by atoms with Crippen molar-refractivity contribution in [2.75, 3.05) is 0 Å². The van der Waals surface area contributed by atoms with Crippen molar-refractivity contribution in [2.45, 2.75) is 6.54 Å². The average Bonchev–Trinajstić information content (AvgIpc) is 2.75. The molecule has 2 N–H and O–H groups in total. The molecule has 0 fully saturated rings. The molecule has 0 atom stereocenters. The highest BCUT2D eigenvalue weighted by Crippen LogP contribution is 2.15. The van der Waals surface area contributed by atoms with Crippen molar-refractivity contribution in [3.05, 3.63) is 16.7 Å². The van der Waals surface area contributed by atoms with Crippen molar-refractivity contribution in [3.63, 3.8) is 0 Å². The lowest BCUT2D eigenvalue weighted by Crippen LogP contribution is -1.97. The second kappa shape index (κ2) is 3.00. The van der Waals surface area contributed by atoms with Gasteiger partial charge < -0.3 is 10.3 Å². The molecule has 0 saturated heterocycles. The predicted molar refractivity (Wildman–Crippen MR) is 43.3 cm³/mol. The number of nitrogens with two attached hydrogens (primary N) is 1. The Morgan fingerprint density at radius 2 is 2.50 bits per heavy atom. The van der Waals surface area contributed by atoms with Gasteiger partial charge in [0.1, 0.15) is 5.69 Å². The summed E-state index contributed by atoms with van der Waals surface area (Å²) in [5.74, 6) is 0.926. The van der Waals surface area contributed by atoms with E-state index in [1.165, 1.54) is 11.3 Å². The molecule has 2 aromatic rings. The number of hydrogen-bond acceptors (Lipinski definition) is 6. The number of nitrogens with zero attached hydrogens (tertiary/aromatic N) is 3. The van der Waals surface area contributed by atoms with Gasteiger partial charge in [-0.2, -0.15) is 4.98 Å². The van der Waals surface area contributed by atoms with Gasteiger partial charge in [-0.3, -0.25) is 0 Å². The summed E-state index contributed by atoms with van der Waals surface area (Å²) in [6.45, 7) is 0.285. The third-order valence-electron chi connectivity index (χ3n) is 1.30. The van der Waals surface area contributed by atoms with Gasteiger partial charge in [0.15, 0.2) is 5.82 Å². The van der Waals surface area contributed by atoms with Crippen molar-refractivity contribution in [1.82, 2.24) is 15.1 Å². The van der Waals surface area contributed by atoms with E-state index in [0.29, 0.717) is 17.4 Å². The molecule has 62 valence electrons. The summed E-state index contributed by atoms with van der Waals surface area (Å²) in [7, 11) is 0. The van der Waals surface area contributed by atoms with E-state index in [1.54, 1.807) is 5.51 Å². The quantitative estimate of drug-likeness (QED) is 0.737. The van der Waals surface area contributed by atoms with E-state index in [0.717, 1.165) is 0 Å². The maximum Gasteiger partial charge on any atom is 0.277 e. The van der Waals surface area contributed by atoms with E-state index in [4.69, 9.17) is 10.3 Å². The molecular formula is C6H6N4OS. The highest BCUT2D eigenvalue weighted by Gasteiger charge is 2.08. The van der Waals surface area contributed by atoms with Crippen LogP contribution in [-0.2, 0) is 6.54 Å². The van der Waals surface area contributed by atoms with Crippen LogP contribution in [0.15, 0.2) is 15.4 Å². The zero-order valence-corrected chi connectivity index (χ0v) is 6.91. The van der Waals surface area contributed by atoms with Crippen LogP contribution in [0.2, 0.25) is 0 Å². The normalized spacial score (nSPS) is 10.4. The van der Waals surface area contributed by atoms with Crippen LogP contribution in [0.5, 0.6) is 0 Å². The van der Waals surface area contributed by atoms with Crippen LogP contribution in [0.4, 0.5) is 0 Å². The summed E-state index contributed by atoms with van der Waals surface area (Å²) < 4.78 is 4.90. The molecular weight excluding hydrogens is 176 g/mol. The molecule has 2 rings (SSSR count). The van der Waals surface area contributed by atoms with Gasteiger partial charge >= 0.3 is 0 Å². The van der Waals surface area contributed by atoms with E-state index < -0.39 is 0 Å². The van der Waals surface area contributed by atoms with Gasteiger partial charge in [0.25, 0.3) is 5.89 Å². The molecule has 2 heterocycles. The first kappa shape index (κ1) is 7.38. The molecule has 0 amide bonds. The van der Waals surface area contributed by atoms with E-state index >= 15 is 0 Å². The van der Waals surface area contributed by atoms with Crippen LogP contribution in [0.1, 0.15) is 5.82 Å². The summed E-state index contributed by atoms with van der Waals surface area (Å²) in [6, 6.07) is 0. The zero-order chi connectivity index (χ0) is 8.39. The van der Waals surface area contributed by atoms with Crippen LogP contribution in [0.25, 0.3) is 11.6 Å². The molecule has 0 bridgehead atoms. The molecule has 2 aromatic heterocycles. The van der Waals surface area contributed by atoms with E-state index in [1.807, 2.05) is 5.38 Å². The molecule has 0 unspecified atom stereocenters. The molecule has 0 aliphatic rings. The van der Waals surface area contributed by atoms with Gasteiger partial charge in [0, 0.05) is 5.38 Å². The van der Waals surface area contributed by atoms with Crippen LogP contribution >= 0.6 is 11.3 Å². The molecule has 0 aliphatic carbocycles. The van der Waals surface area contributed by atoms with Gasteiger partial charge in [0.2, 0.25) is 0 Å². The molecule has 12 heavy (non-hydrogen) atoms. The number of aromatic nitrogens is 3. The minimum absolute atomic E-state index is 0.285. The number of hydrogen-bond donors (Lipinski definition) is 1. The Hall–Kier alpha value is -1.27. The van der Waals surface area contributed by atoms with Crippen molar-refractivity contribution in [3.8, 4) is 11.6 Å². The van der Waals surface area contributed by atoms with Gasteiger partial charge in [-0.05, 0) is 0 Å². The van der Waals surface area contributed by atoms with Crippen LogP contribution in [0.3, 0.4) is 0 Å². The highest BCUT2D eigenvalue weighted by atomic mass is 32.1. The Morgan fingerprint density at radius 1 is 1.58 bits per heavy atom. The van der Waals surface area contributed by atoms with Gasteiger partial charge in [-0.15, -0.1) is 11.3 Å². The number of thiazole rings is 1. The van der Waals surface area contributed by atoms with Gasteiger partial charge in [-0.1, -0.05) is 5.16 Å². The van der Waals surface area contributed by atoms with Crippen molar-refractivity contribution >= 4 is 11.3 Å². The third-order valence-corrected chi connectivity index (χ3v) is 1.89. The maximum atomic E-state index is 5.31. The molecule has 0 saturated carbocycles. The first-order chi connectivity index (χ1) is 5.90. The SMILES string of the molecule is NCc1noc(-c2cscn2)n1.